The maximum Gasteiger partial charge on any atom is 0.331 e. The van der Waals surface area contributed by atoms with Gasteiger partial charge in [-0.2, -0.15) is 0 Å². The number of carbonyl (C=O) groups is 3. The summed E-state index contributed by atoms with van der Waals surface area (Å²) in [6, 6.07) is 4.70. The lowest BCUT2D eigenvalue weighted by molar-refractivity contribution is -0.149. The van der Waals surface area contributed by atoms with Gasteiger partial charge in [0.25, 0.3) is 5.91 Å². The van der Waals surface area contributed by atoms with Gasteiger partial charge in [-0.15, -0.1) is 0 Å². The maximum atomic E-state index is 11.9. The molecule has 1 aromatic carbocycles. The second-order valence-corrected chi connectivity index (χ2v) is 6.10. The van der Waals surface area contributed by atoms with Crippen LogP contribution in [0.5, 0.6) is 11.5 Å². The molecule has 29 heavy (non-hydrogen) atoms. The summed E-state index contributed by atoms with van der Waals surface area (Å²) in [6.45, 7) is 8.54. The third kappa shape index (κ3) is 9.14. The van der Waals surface area contributed by atoms with Crippen molar-refractivity contribution in [2.75, 3.05) is 19.8 Å². The highest BCUT2D eigenvalue weighted by Crippen LogP contribution is 2.29. The van der Waals surface area contributed by atoms with Gasteiger partial charge < -0.3 is 19.5 Å². The van der Waals surface area contributed by atoms with Crippen LogP contribution < -0.4 is 20.1 Å². The Hall–Kier alpha value is -3.03. The molecule has 1 aromatic rings. The van der Waals surface area contributed by atoms with Crippen LogP contribution in [0.15, 0.2) is 24.3 Å². The number of benzene rings is 1. The Bertz CT molecular complexity index is 717. The number of rotatable bonds is 11. The van der Waals surface area contributed by atoms with Crippen LogP contribution in [-0.4, -0.2) is 43.8 Å². The van der Waals surface area contributed by atoms with Crippen molar-refractivity contribution in [2.45, 2.75) is 46.6 Å². The zero-order valence-corrected chi connectivity index (χ0v) is 17.4. The normalized spacial score (nSPS) is 11.6. The third-order valence-corrected chi connectivity index (χ3v) is 3.67. The molecule has 0 aromatic heterocycles. The van der Waals surface area contributed by atoms with E-state index in [1.807, 2.05) is 6.92 Å². The van der Waals surface area contributed by atoms with Crippen LogP contribution in [0.4, 0.5) is 4.79 Å². The minimum absolute atomic E-state index is 0.377. The Labute approximate surface area is 171 Å². The number of hydrogen-bond acceptors (Lipinski definition) is 6. The number of urea groups is 1. The van der Waals surface area contributed by atoms with Gasteiger partial charge >= 0.3 is 12.0 Å². The summed E-state index contributed by atoms with van der Waals surface area (Å²) < 4.78 is 16.3. The molecular formula is C21H30N2O6. The summed E-state index contributed by atoms with van der Waals surface area (Å²) in [5.74, 6) is -0.167. The van der Waals surface area contributed by atoms with E-state index >= 15 is 0 Å². The highest BCUT2D eigenvalue weighted by Gasteiger charge is 2.18. The number of esters is 1. The van der Waals surface area contributed by atoms with Gasteiger partial charge in [0.1, 0.15) is 0 Å². The summed E-state index contributed by atoms with van der Waals surface area (Å²) in [6.07, 6.45) is 3.63. The van der Waals surface area contributed by atoms with Crippen molar-refractivity contribution in [3.8, 4) is 11.5 Å². The molecular weight excluding hydrogens is 376 g/mol. The molecule has 2 N–H and O–H groups in total. The molecule has 0 fully saturated rings. The van der Waals surface area contributed by atoms with E-state index in [0.717, 1.165) is 12.8 Å². The maximum absolute atomic E-state index is 11.9. The molecule has 0 spiro atoms. The lowest BCUT2D eigenvalue weighted by Gasteiger charge is -2.13. The lowest BCUT2D eigenvalue weighted by atomic mass is 10.2. The molecule has 0 aliphatic heterocycles. The SMILES string of the molecule is CCCCOc1ccc(/C=C/C(=O)OC(C)C(=O)NC(=O)NCC)cc1OCC. The number of carbonyl (C=O) groups excluding carboxylic acids is 3. The number of hydrogen-bond donors (Lipinski definition) is 2. The first-order chi connectivity index (χ1) is 13.9. The standard InChI is InChI=1S/C21H30N2O6/c1-5-8-13-28-17-11-9-16(14-18(17)27-7-3)10-12-19(24)29-15(4)20(25)23-21(26)22-6-2/h9-12,14-15H,5-8,13H2,1-4H3,(H2,22,23,25,26)/b12-10+. The van der Waals surface area contributed by atoms with Gasteiger partial charge in [0.15, 0.2) is 17.6 Å². The summed E-state index contributed by atoms with van der Waals surface area (Å²) >= 11 is 0. The Morgan fingerprint density at radius 2 is 1.86 bits per heavy atom. The molecule has 0 heterocycles. The molecule has 1 unspecified atom stereocenters. The average molecular weight is 406 g/mol. The second-order valence-electron chi connectivity index (χ2n) is 6.10. The Kier molecular flexibility index (Phi) is 10.9. The number of nitrogens with one attached hydrogen (secondary N) is 2. The number of imide groups is 1. The van der Waals surface area contributed by atoms with Crippen molar-refractivity contribution in [3.05, 3.63) is 29.8 Å². The zero-order chi connectivity index (χ0) is 21.6. The van der Waals surface area contributed by atoms with Crippen LogP contribution >= 0.6 is 0 Å². The molecule has 160 valence electrons. The van der Waals surface area contributed by atoms with Crippen LogP contribution in [0.2, 0.25) is 0 Å². The molecule has 0 bridgehead atoms. The highest BCUT2D eigenvalue weighted by molar-refractivity contribution is 5.98. The van der Waals surface area contributed by atoms with E-state index in [1.165, 1.54) is 13.0 Å². The fraction of sp³-hybridized carbons (Fsp3) is 0.476. The van der Waals surface area contributed by atoms with E-state index in [1.54, 1.807) is 31.2 Å². The molecule has 0 saturated carbocycles. The highest BCUT2D eigenvalue weighted by atomic mass is 16.5. The summed E-state index contributed by atoms with van der Waals surface area (Å²) in [4.78, 5) is 35.1. The zero-order valence-electron chi connectivity index (χ0n) is 17.4. The molecule has 0 aliphatic rings. The molecule has 0 saturated heterocycles. The van der Waals surface area contributed by atoms with E-state index < -0.39 is 24.0 Å². The summed E-state index contributed by atoms with van der Waals surface area (Å²) in [7, 11) is 0. The first-order valence-corrected chi connectivity index (χ1v) is 9.78. The quantitative estimate of drug-likeness (QED) is 0.333. The van der Waals surface area contributed by atoms with Gasteiger partial charge in [0.2, 0.25) is 0 Å². The van der Waals surface area contributed by atoms with E-state index in [2.05, 4.69) is 17.6 Å². The Morgan fingerprint density at radius 1 is 1.10 bits per heavy atom. The van der Waals surface area contributed by atoms with E-state index in [0.29, 0.717) is 36.8 Å². The number of ether oxygens (including phenoxy) is 3. The topological polar surface area (TPSA) is 103 Å². The summed E-state index contributed by atoms with van der Waals surface area (Å²) in [5, 5.41) is 4.51. The lowest BCUT2D eigenvalue weighted by Crippen LogP contribution is -2.44. The van der Waals surface area contributed by atoms with Crippen LogP contribution in [0.1, 0.15) is 46.1 Å². The van der Waals surface area contributed by atoms with Crippen LogP contribution in [0.3, 0.4) is 0 Å². The van der Waals surface area contributed by atoms with Crippen molar-refractivity contribution in [2.24, 2.45) is 0 Å². The Balaban J connectivity index is 2.68. The van der Waals surface area contributed by atoms with E-state index in [-0.39, 0.29) is 0 Å². The first-order valence-electron chi connectivity index (χ1n) is 9.78. The predicted octanol–water partition coefficient (Wildman–Crippen LogP) is 3.05. The molecule has 1 rings (SSSR count). The van der Waals surface area contributed by atoms with Crippen molar-refractivity contribution in [1.29, 1.82) is 0 Å². The Morgan fingerprint density at radius 3 is 2.52 bits per heavy atom. The van der Waals surface area contributed by atoms with Crippen LogP contribution in [-0.2, 0) is 14.3 Å². The van der Waals surface area contributed by atoms with Crippen molar-refractivity contribution < 1.29 is 28.6 Å². The molecule has 8 nitrogen and oxygen atoms in total. The number of amides is 3. The van der Waals surface area contributed by atoms with Gasteiger partial charge in [-0.25, -0.2) is 9.59 Å². The smallest absolute Gasteiger partial charge is 0.331 e. The van der Waals surface area contributed by atoms with Gasteiger partial charge in [-0.1, -0.05) is 19.4 Å². The fourth-order valence-electron chi connectivity index (χ4n) is 2.19. The molecule has 0 aliphatic carbocycles. The van der Waals surface area contributed by atoms with Crippen LogP contribution in [0.25, 0.3) is 6.08 Å². The largest absolute Gasteiger partial charge is 0.490 e. The monoisotopic (exact) mass is 406 g/mol. The van der Waals surface area contributed by atoms with Crippen molar-refractivity contribution >= 4 is 24.0 Å². The van der Waals surface area contributed by atoms with Gasteiger partial charge in [0, 0.05) is 12.6 Å². The molecule has 3 amide bonds. The molecule has 8 heteroatoms. The van der Waals surface area contributed by atoms with Gasteiger partial charge in [0.05, 0.1) is 13.2 Å². The van der Waals surface area contributed by atoms with Gasteiger partial charge in [-0.05, 0) is 51.0 Å². The first kappa shape index (κ1) is 24.0. The van der Waals surface area contributed by atoms with E-state index in [4.69, 9.17) is 14.2 Å². The fourth-order valence-corrected chi connectivity index (χ4v) is 2.19. The minimum Gasteiger partial charge on any atom is -0.490 e. The van der Waals surface area contributed by atoms with Crippen molar-refractivity contribution in [1.82, 2.24) is 10.6 Å². The summed E-state index contributed by atoms with van der Waals surface area (Å²) in [5.41, 5.74) is 0.715. The van der Waals surface area contributed by atoms with Gasteiger partial charge in [-0.3, -0.25) is 10.1 Å². The van der Waals surface area contributed by atoms with E-state index in [9.17, 15) is 14.4 Å². The third-order valence-electron chi connectivity index (χ3n) is 3.67. The second kappa shape index (κ2) is 13.2. The van der Waals surface area contributed by atoms with Crippen LogP contribution in [0, 0.1) is 0 Å². The number of unbranched alkanes of at least 4 members (excludes halogenated alkanes) is 1. The average Bonchev–Trinajstić information content (AvgIpc) is 2.68. The minimum atomic E-state index is -1.11. The predicted molar refractivity (Wildman–Crippen MR) is 110 cm³/mol. The molecule has 0 radical (unpaired) electrons. The molecule has 1 atom stereocenters. The van der Waals surface area contributed by atoms with Crippen molar-refractivity contribution in [3.63, 3.8) is 0 Å².